The van der Waals surface area contributed by atoms with Crippen LogP contribution < -0.4 is 23.8 Å². The molecule has 39 heavy (non-hydrogen) atoms. The van der Waals surface area contributed by atoms with Gasteiger partial charge in [0.25, 0.3) is 10.0 Å². The highest BCUT2D eigenvalue weighted by molar-refractivity contribution is 7.92. The van der Waals surface area contributed by atoms with Crippen LogP contribution in [0.1, 0.15) is 0 Å². The first kappa shape index (κ1) is 28.2. The largest absolute Gasteiger partial charge is 0.492 e. The predicted octanol–water partition coefficient (Wildman–Crippen LogP) is 2.10. The standard InChI is InChI=1S/C26H29N3O8S2/c1-28(2)38(31,32)23-11-9-21(10-12-23)35-15-14-27-26(30)19-29(39(33,34)22-6-4-3-5-7-22)20-8-13-24-25(18-20)37-17-16-36-24/h3-13,18H,14-17,19H2,1-2H3,(H,27,30). The van der Waals surface area contributed by atoms with Gasteiger partial charge in [-0.1, -0.05) is 18.2 Å². The number of anilines is 1. The van der Waals surface area contributed by atoms with E-state index in [1.54, 1.807) is 30.3 Å². The second-order valence-electron chi connectivity index (χ2n) is 8.61. The molecule has 13 heteroatoms. The van der Waals surface area contributed by atoms with E-state index in [4.69, 9.17) is 14.2 Å². The SMILES string of the molecule is CN(C)S(=O)(=O)c1ccc(OCCNC(=O)CN(c2ccc3c(c2)OCCO3)S(=O)(=O)c2ccccc2)cc1. The number of hydrogen-bond donors (Lipinski definition) is 1. The number of amides is 1. The van der Waals surface area contributed by atoms with Crippen molar-refractivity contribution in [1.82, 2.24) is 9.62 Å². The van der Waals surface area contributed by atoms with Gasteiger partial charge in [0.1, 0.15) is 32.1 Å². The van der Waals surface area contributed by atoms with Gasteiger partial charge in [-0.3, -0.25) is 9.10 Å². The Labute approximate surface area is 228 Å². The Morgan fingerprint density at radius 1 is 0.846 bits per heavy atom. The topological polar surface area (TPSA) is 132 Å². The molecule has 0 fully saturated rings. The normalized spacial score (nSPS) is 13.1. The fourth-order valence-electron chi connectivity index (χ4n) is 3.69. The molecule has 0 saturated carbocycles. The van der Waals surface area contributed by atoms with Crippen LogP contribution in [-0.2, 0) is 24.8 Å². The summed E-state index contributed by atoms with van der Waals surface area (Å²) in [5.74, 6) is 0.771. The van der Waals surface area contributed by atoms with Gasteiger partial charge < -0.3 is 19.5 Å². The average molecular weight is 576 g/mol. The van der Waals surface area contributed by atoms with Crippen molar-refractivity contribution in [3.63, 3.8) is 0 Å². The van der Waals surface area contributed by atoms with Crippen molar-refractivity contribution in [2.45, 2.75) is 9.79 Å². The summed E-state index contributed by atoms with van der Waals surface area (Å²) in [5, 5.41) is 2.66. The highest BCUT2D eigenvalue weighted by Gasteiger charge is 2.28. The third-order valence-electron chi connectivity index (χ3n) is 5.73. The molecule has 1 amide bonds. The van der Waals surface area contributed by atoms with Gasteiger partial charge in [0.15, 0.2) is 11.5 Å². The van der Waals surface area contributed by atoms with Crippen LogP contribution in [-0.4, -0.2) is 74.1 Å². The molecule has 1 aliphatic heterocycles. The molecular weight excluding hydrogens is 546 g/mol. The Morgan fingerprint density at radius 3 is 2.15 bits per heavy atom. The van der Waals surface area contributed by atoms with E-state index in [9.17, 15) is 21.6 Å². The number of hydrogen-bond acceptors (Lipinski definition) is 8. The molecule has 0 saturated heterocycles. The molecule has 1 aliphatic rings. The molecule has 3 aromatic rings. The quantitative estimate of drug-likeness (QED) is 0.344. The van der Waals surface area contributed by atoms with Crippen molar-refractivity contribution in [2.24, 2.45) is 0 Å². The number of ether oxygens (including phenoxy) is 3. The van der Waals surface area contributed by atoms with Crippen molar-refractivity contribution in [3.8, 4) is 17.2 Å². The van der Waals surface area contributed by atoms with Crippen molar-refractivity contribution in [2.75, 3.05) is 51.3 Å². The Hall–Kier alpha value is -3.81. The van der Waals surface area contributed by atoms with Crippen LogP contribution in [0, 0.1) is 0 Å². The maximum Gasteiger partial charge on any atom is 0.264 e. The molecule has 3 aromatic carbocycles. The summed E-state index contributed by atoms with van der Waals surface area (Å²) in [7, 11) is -4.74. The van der Waals surface area contributed by atoms with E-state index < -0.39 is 32.5 Å². The van der Waals surface area contributed by atoms with Gasteiger partial charge in [-0.05, 0) is 48.5 Å². The molecule has 4 rings (SSSR count). The van der Waals surface area contributed by atoms with Crippen molar-refractivity contribution in [1.29, 1.82) is 0 Å². The number of benzene rings is 3. The third kappa shape index (κ3) is 6.61. The summed E-state index contributed by atoms with van der Waals surface area (Å²) in [6, 6.07) is 18.4. The van der Waals surface area contributed by atoms with Gasteiger partial charge >= 0.3 is 0 Å². The molecule has 0 spiro atoms. The monoisotopic (exact) mass is 575 g/mol. The van der Waals surface area contributed by atoms with E-state index in [0.717, 1.165) is 8.61 Å². The summed E-state index contributed by atoms with van der Waals surface area (Å²) in [4.78, 5) is 13.0. The van der Waals surface area contributed by atoms with E-state index in [1.807, 2.05) is 0 Å². The molecule has 208 valence electrons. The Balaban J connectivity index is 1.42. The zero-order valence-electron chi connectivity index (χ0n) is 21.4. The lowest BCUT2D eigenvalue weighted by molar-refractivity contribution is -0.119. The Kier molecular flexibility index (Phi) is 8.63. The van der Waals surface area contributed by atoms with Crippen LogP contribution >= 0.6 is 0 Å². The number of fused-ring (bicyclic) bond motifs is 1. The predicted molar refractivity (Wildman–Crippen MR) is 144 cm³/mol. The summed E-state index contributed by atoms with van der Waals surface area (Å²) < 4.78 is 70.2. The van der Waals surface area contributed by atoms with Crippen LogP contribution in [0.5, 0.6) is 17.2 Å². The van der Waals surface area contributed by atoms with Gasteiger partial charge in [0.05, 0.1) is 22.0 Å². The number of carbonyl (C=O) groups excluding carboxylic acids is 1. The Morgan fingerprint density at radius 2 is 1.49 bits per heavy atom. The fraction of sp³-hybridized carbons (Fsp3) is 0.269. The van der Waals surface area contributed by atoms with Crippen LogP contribution in [0.15, 0.2) is 82.6 Å². The Bertz CT molecular complexity index is 1510. The molecule has 0 radical (unpaired) electrons. The van der Waals surface area contributed by atoms with Crippen molar-refractivity contribution >= 4 is 31.6 Å². The maximum absolute atomic E-state index is 13.5. The van der Waals surface area contributed by atoms with E-state index in [-0.39, 0.29) is 28.6 Å². The highest BCUT2D eigenvalue weighted by Crippen LogP contribution is 2.35. The second kappa shape index (κ2) is 11.9. The van der Waals surface area contributed by atoms with E-state index in [1.165, 1.54) is 56.6 Å². The van der Waals surface area contributed by atoms with Gasteiger partial charge in [-0.25, -0.2) is 21.1 Å². The smallest absolute Gasteiger partial charge is 0.264 e. The zero-order chi connectivity index (χ0) is 28.0. The molecule has 11 nitrogen and oxygen atoms in total. The first-order valence-corrected chi connectivity index (χ1v) is 14.9. The molecule has 0 aliphatic carbocycles. The van der Waals surface area contributed by atoms with Crippen molar-refractivity contribution < 1.29 is 35.8 Å². The minimum Gasteiger partial charge on any atom is -0.492 e. The first-order chi connectivity index (χ1) is 18.6. The lowest BCUT2D eigenvalue weighted by Gasteiger charge is -2.26. The number of carbonyl (C=O) groups is 1. The maximum atomic E-state index is 13.5. The number of nitrogens with one attached hydrogen (secondary N) is 1. The number of nitrogens with zero attached hydrogens (tertiary/aromatic N) is 2. The molecule has 0 bridgehead atoms. The van der Waals surface area contributed by atoms with E-state index in [2.05, 4.69) is 5.32 Å². The minimum atomic E-state index is -4.08. The molecule has 1 heterocycles. The lowest BCUT2D eigenvalue weighted by Crippen LogP contribution is -2.42. The van der Waals surface area contributed by atoms with E-state index in [0.29, 0.717) is 30.5 Å². The highest BCUT2D eigenvalue weighted by atomic mass is 32.2. The van der Waals surface area contributed by atoms with Crippen LogP contribution in [0.4, 0.5) is 5.69 Å². The summed E-state index contributed by atoms with van der Waals surface area (Å²) >= 11 is 0. The molecule has 0 atom stereocenters. The molecule has 1 N–H and O–H groups in total. The zero-order valence-corrected chi connectivity index (χ0v) is 23.1. The molecule has 0 unspecified atom stereocenters. The molecule has 0 aromatic heterocycles. The summed E-state index contributed by atoms with van der Waals surface area (Å²) in [6.45, 7) is 0.421. The van der Waals surface area contributed by atoms with Crippen molar-refractivity contribution in [3.05, 3.63) is 72.8 Å². The second-order valence-corrected chi connectivity index (χ2v) is 12.6. The fourth-order valence-corrected chi connectivity index (χ4v) is 6.02. The molecular formula is C26H29N3O8S2. The third-order valence-corrected chi connectivity index (χ3v) is 9.34. The van der Waals surface area contributed by atoms with Crippen LogP contribution in [0.3, 0.4) is 0 Å². The lowest BCUT2D eigenvalue weighted by atomic mass is 10.2. The number of rotatable bonds is 11. The average Bonchev–Trinajstić information content (AvgIpc) is 2.94. The number of sulfonamides is 2. The van der Waals surface area contributed by atoms with Gasteiger partial charge in [-0.15, -0.1) is 0 Å². The summed E-state index contributed by atoms with van der Waals surface area (Å²) in [6.07, 6.45) is 0. The first-order valence-electron chi connectivity index (χ1n) is 12.0. The minimum absolute atomic E-state index is 0.0377. The van der Waals surface area contributed by atoms with Crippen LogP contribution in [0.2, 0.25) is 0 Å². The van der Waals surface area contributed by atoms with Gasteiger partial charge in [0.2, 0.25) is 15.9 Å². The van der Waals surface area contributed by atoms with E-state index >= 15 is 0 Å². The van der Waals surface area contributed by atoms with Gasteiger partial charge in [-0.2, -0.15) is 0 Å². The van der Waals surface area contributed by atoms with Gasteiger partial charge in [0, 0.05) is 20.2 Å². The van der Waals surface area contributed by atoms with Crippen LogP contribution in [0.25, 0.3) is 0 Å². The summed E-state index contributed by atoms with van der Waals surface area (Å²) in [5.41, 5.74) is 0.252.